The predicted octanol–water partition coefficient (Wildman–Crippen LogP) is 2.81. The Balaban J connectivity index is 1.89. The number of benzene rings is 1. The molecule has 2 aromatic rings. The molecule has 0 spiro atoms. The fourth-order valence-corrected chi connectivity index (χ4v) is 2.78. The van der Waals surface area contributed by atoms with Gasteiger partial charge in [0.15, 0.2) is 0 Å². The zero-order chi connectivity index (χ0) is 14.1. The van der Waals surface area contributed by atoms with Gasteiger partial charge in [0.25, 0.3) is 5.91 Å². The topological polar surface area (TPSA) is 45.3 Å². The summed E-state index contributed by atoms with van der Waals surface area (Å²) in [7, 11) is 0. The van der Waals surface area contributed by atoms with E-state index in [1.807, 2.05) is 42.3 Å². The molecule has 2 unspecified atom stereocenters. The van der Waals surface area contributed by atoms with Crippen LogP contribution in [0.1, 0.15) is 30.6 Å². The van der Waals surface area contributed by atoms with Gasteiger partial charge in [0, 0.05) is 23.8 Å². The lowest BCUT2D eigenvalue weighted by molar-refractivity contribution is -0.0443. The largest absolute Gasteiger partial charge is 0.375 e. The van der Waals surface area contributed by atoms with Crippen LogP contribution in [0.5, 0.6) is 0 Å². The lowest BCUT2D eigenvalue weighted by Gasteiger charge is -2.38. The monoisotopic (exact) mass is 272 g/mol. The third kappa shape index (κ3) is 2.31. The highest BCUT2D eigenvalue weighted by Crippen LogP contribution is 2.20. The maximum absolute atomic E-state index is 12.7. The molecule has 4 nitrogen and oxygen atoms in total. The molecule has 1 aromatic heterocycles. The van der Waals surface area contributed by atoms with Crippen LogP contribution in [0.25, 0.3) is 10.9 Å². The zero-order valence-electron chi connectivity index (χ0n) is 11.9. The van der Waals surface area contributed by atoms with E-state index < -0.39 is 0 Å². The van der Waals surface area contributed by atoms with Crippen LogP contribution in [-0.4, -0.2) is 41.1 Å². The predicted molar refractivity (Wildman–Crippen MR) is 78.8 cm³/mol. The van der Waals surface area contributed by atoms with Gasteiger partial charge in [-0.3, -0.25) is 4.79 Å². The summed E-state index contributed by atoms with van der Waals surface area (Å²) in [4.78, 5) is 17.8. The van der Waals surface area contributed by atoms with Gasteiger partial charge in [-0.1, -0.05) is 13.0 Å². The van der Waals surface area contributed by atoms with Crippen molar-refractivity contribution in [2.45, 2.75) is 32.4 Å². The quantitative estimate of drug-likeness (QED) is 0.913. The lowest BCUT2D eigenvalue weighted by atomic mass is 10.1. The third-order valence-electron chi connectivity index (χ3n) is 4.00. The Labute approximate surface area is 118 Å². The Morgan fingerprint density at radius 1 is 1.45 bits per heavy atom. The number of carbonyl (C=O) groups is 1. The molecule has 0 saturated carbocycles. The number of aromatic amines is 1. The second-order valence-corrected chi connectivity index (χ2v) is 5.44. The van der Waals surface area contributed by atoms with Crippen LogP contribution in [0, 0.1) is 0 Å². The van der Waals surface area contributed by atoms with Crippen LogP contribution < -0.4 is 0 Å². The molecule has 0 aliphatic carbocycles. The van der Waals surface area contributed by atoms with E-state index in [9.17, 15) is 4.79 Å². The lowest BCUT2D eigenvalue weighted by Crippen LogP contribution is -2.51. The first kappa shape index (κ1) is 13.2. The Hall–Kier alpha value is -1.81. The van der Waals surface area contributed by atoms with Gasteiger partial charge in [-0.2, -0.15) is 0 Å². The standard InChI is InChI=1S/C16H20N2O2/c1-3-14-10-20-11(2)9-18(14)16(19)13-5-4-12-6-7-17-15(12)8-13/h4-8,11,14,17H,3,9-10H2,1-2H3. The minimum atomic E-state index is 0.100. The molecule has 0 bridgehead atoms. The summed E-state index contributed by atoms with van der Waals surface area (Å²) in [5.74, 6) is 0.100. The number of nitrogens with zero attached hydrogens (tertiary/aromatic N) is 1. The Kier molecular flexibility index (Phi) is 3.49. The second kappa shape index (κ2) is 5.29. The van der Waals surface area contributed by atoms with E-state index in [0.717, 1.165) is 22.9 Å². The third-order valence-corrected chi connectivity index (χ3v) is 4.00. The fourth-order valence-electron chi connectivity index (χ4n) is 2.78. The summed E-state index contributed by atoms with van der Waals surface area (Å²) < 4.78 is 5.66. The number of hydrogen-bond donors (Lipinski definition) is 1. The van der Waals surface area contributed by atoms with E-state index >= 15 is 0 Å². The van der Waals surface area contributed by atoms with Gasteiger partial charge in [0.05, 0.1) is 18.8 Å². The molecule has 1 aliphatic heterocycles. The number of hydrogen-bond acceptors (Lipinski definition) is 2. The minimum Gasteiger partial charge on any atom is -0.375 e. The van der Waals surface area contributed by atoms with Gasteiger partial charge in [-0.05, 0) is 36.9 Å². The van der Waals surface area contributed by atoms with Crippen molar-refractivity contribution >= 4 is 16.8 Å². The number of morpholine rings is 1. The average Bonchev–Trinajstić information content (AvgIpc) is 2.93. The van der Waals surface area contributed by atoms with Gasteiger partial charge in [0.1, 0.15) is 0 Å². The van der Waals surface area contributed by atoms with Gasteiger partial charge in [-0.25, -0.2) is 0 Å². The molecule has 1 fully saturated rings. The summed E-state index contributed by atoms with van der Waals surface area (Å²) in [6.45, 7) is 5.41. The molecule has 1 saturated heterocycles. The molecule has 1 aromatic carbocycles. The van der Waals surface area contributed by atoms with E-state index in [1.54, 1.807) is 0 Å². The first-order valence-electron chi connectivity index (χ1n) is 7.18. The van der Waals surface area contributed by atoms with Crippen molar-refractivity contribution in [3.63, 3.8) is 0 Å². The molecule has 20 heavy (non-hydrogen) atoms. The molecular weight excluding hydrogens is 252 g/mol. The number of aromatic nitrogens is 1. The van der Waals surface area contributed by atoms with E-state index in [4.69, 9.17) is 4.74 Å². The van der Waals surface area contributed by atoms with Crippen molar-refractivity contribution in [1.82, 2.24) is 9.88 Å². The smallest absolute Gasteiger partial charge is 0.254 e. The number of fused-ring (bicyclic) bond motifs is 1. The zero-order valence-corrected chi connectivity index (χ0v) is 11.9. The summed E-state index contributed by atoms with van der Waals surface area (Å²) >= 11 is 0. The maximum atomic E-state index is 12.7. The van der Waals surface area contributed by atoms with E-state index in [0.29, 0.717) is 13.2 Å². The molecule has 2 heterocycles. The number of amides is 1. The van der Waals surface area contributed by atoms with Gasteiger partial charge < -0.3 is 14.6 Å². The van der Waals surface area contributed by atoms with Crippen molar-refractivity contribution < 1.29 is 9.53 Å². The molecule has 1 aliphatic rings. The first-order chi connectivity index (χ1) is 9.69. The molecule has 0 radical (unpaired) electrons. The highest BCUT2D eigenvalue weighted by molar-refractivity contribution is 5.98. The molecule has 4 heteroatoms. The number of ether oxygens (including phenoxy) is 1. The van der Waals surface area contributed by atoms with Gasteiger partial charge in [0.2, 0.25) is 0 Å². The van der Waals surface area contributed by atoms with Crippen LogP contribution in [0.2, 0.25) is 0 Å². The highest BCUT2D eigenvalue weighted by atomic mass is 16.5. The van der Waals surface area contributed by atoms with Gasteiger partial charge >= 0.3 is 0 Å². The Morgan fingerprint density at radius 3 is 3.10 bits per heavy atom. The minimum absolute atomic E-state index is 0.100. The van der Waals surface area contributed by atoms with Crippen molar-refractivity contribution in [2.75, 3.05) is 13.2 Å². The summed E-state index contributed by atoms with van der Waals surface area (Å²) in [6, 6.07) is 8.02. The molecule has 1 amide bonds. The Morgan fingerprint density at radius 2 is 2.30 bits per heavy atom. The normalized spacial score (nSPS) is 23.2. The number of nitrogens with one attached hydrogen (secondary N) is 1. The number of H-pyrrole nitrogens is 1. The molecule has 1 N–H and O–H groups in total. The summed E-state index contributed by atoms with van der Waals surface area (Å²) in [6.07, 6.45) is 2.92. The first-order valence-corrected chi connectivity index (χ1v) is 7.18. The molecule has 2 atom stereocenters. The SMILES string of the molecule is CCC1COC(C)CN1C(=O)c1ccc2cc[nH]c2c1. The van der Waals surface area contributed by atoms with Crippen LogP contribution >= 0.6 is 0 Å². The van der Waals surface area contributed by atoms with Crippen LogP contribution in [0.15, 0.2) is 30.5 Å². The maximum Gasteiger partial charge on any atom is 0.254 e. The van der Waals surface area contributed by atoms with Crippen LogP contribution in [0.4, 0.5) is 0 Å². The van der Waals surface area contributed by atoms with Crippen LogP contribution in [0.3, 0.4) is 0 Å². The number of rotatable bonds is 2. The Bertz CT molecular complexity index is 620. The van der Waals surface area contributed by atoms with Crippen molar-refractivity contribution in [1.29, 1.82) is 0 Å². The van der Waals surface area contributed by atoms with E-state index in [-0.39, 0.29) is 18.1 Å². The van der Waals surface area contributed by atoms with E-state index in [1.165, 1.54) is 0 Å². The van der Waals surface area contributed by atoms with Crippen LogP contribution in [-0.2, 0) is 4.74 Å². The van der Waals surface area contributed by atoms with Crippen molar-refractivity contribution in [2.24, 2.45) is 0 Å². The summed E-state index contributed by atoms with van der Waals surface area (Å²) in [5, 5.41) is 1.13. The second-order valence-electron chi connectivity index (χ2n) is 5.44. The van der Waals surface area contributed by atoms with Crippen molar-refractivity contribution in [3.8, 4) is 0 Å². The molecular formula is C16H20N2O2. The average molecular weight is 272 g/mol. The summed E-state index contributed by atoms with van der Waals surface area (Å²) in [5.41, 5.74) is 1.75. The molecule has 106 valence electrons. The highest BCUT2D eigenvalue weighted by Gasteiger charge is 2.30. The van der Waals surface area contributed by atoms with Gasteiger partial charge in [-0.15, -0.1) is 0 Å². The van der Waals surface area contributed by atoms with E-state index in [2.05, 4.69) is 11.9 Å². The fraction of sp³-hybridized carbons (Fsp3) is 0.438. The number of carbonyl (C=O) groups excluding carboxylic acids is 1. The van der Waals surface area contributed by atoms with Crippen molar-refractivity contribution in [3.05, 3.63) is 36.0 Å². The molecule has 3 rings (SSSR count).